The number of likely N-dealkylation sites (tertiary alicyclic amines) is 1. The second-order valence-corrected chi connectivity index (χ2v) is 9.88. The van der Waals surface area contributed by atoms with Gasteiger partial charge in [-0.2, -0.15) is 24.9 Å². The van der Waals surface area contributed by atoms with Crippen LogP contribution < -0.4 is 4.74 Å². The van der Waals surface area contributed by atoms with Crippen molar-refractivity contribution < 1.29 is 27.1 Å². The zero-order chi connectivity index (χ0) is 24.3. The van der Waals surface area contributed by atoms with Crippen molar-refractivity contribution in [1.29, 1.82) is 0 Å². The van der Waals surface area contributed by atoms with Crippen molar-refractivity contribution in [2.24, 2.45) is 0 Å². The first-order chi connectivity index (χ1) is 16.2. The van der Waals surface area contributed by atoms with Gasteiger partial charge in [0.2, 0.25) is 5.88 Å². The quantitative estimate of drug-likeness (QED) is 0.600. The zero-order valence-corrected chi connectivity index (χ0v) is 19.7. The normalized spacial score (nSPS) is 21.6. The van der Waals surface area contributed by atoms with Crippen LogP contribution >= 0.6 is 11.8 Å². The number of urea groups is 1. The Morgan fingerprint density at radius 2 is 1.91 bits per heavy atom. The van der Waals surface area contributed by atoms with Gasteiger partial charge in [0.1, 0.15) is 5.82 Å². The van der Waals surface area contributed by atoms with Crippen molar-refractivity contribution in [1.82, 2.24) is 20.0 Å². The van der Waals surface area contributed by atoms with Gasteiger partial charge in [-0.3, -0.25) is 5.10 Å². The van der Waals surface area contributed by atoms with E-state index in [1.165, 1.54) is 12.1 Å². The topological polar surface area (TPSA) is 61.5 Å². The van der Waals surface area contributed by atoms with E-state index in [0.29, 0.717) is 50.7 Å². The Labute approximate surface area is 200 Å². The molecule has 1 aromatic carbocycles. The summed E-state index contributed by atoms with van der Waals surface area (Å²) in [6, 6.07) is 5.69. The first kappa shape index (κ1) is 24.7. The number of piperidine rings is 1. The molecule has 2 aliphatic heterocycles. The minimum atomic E-state index is -4.48. The van der Waals surface area contributed by atoms with Crippen molar-refractivity contribution in [3.05, 3.63) is 46.9 Å². The number of hydrogen-bond donors (Lipinski definition) is 1. The van der Waals surface area contributed by atoms with Crippen LogP contribution in [0.2, 0.25) is 0 Å². The number of nitrogens with zero attached hydrogens (tertiary/aromatic N) is 3. The first-order valence-corrected chi connectivity index (χ1v) is 12.5. The molecule has 2 atom stereocenters. The number of carbonyl (C=O) groups excluding carboxylic acids is 1. The van der Waals surface area contributed by atoms with Gasteiger partial charge in [0.25, 0.3) is 0 Å². The molecule has 2 fully saturated rings. The number of alkyl halides is 3. The molecule has 3 heterocycles. The number of hydrogen-bond acceptors (Lipinski definition) is 4. The summed E-state index contributed by atoms with van der Waals surface area (Å²) in [5.74, 6) is 1.04. The van der Waals surface area contributed by atoms with E-state index in [4.69, 9.17) is 4.74 Å². The third-order valence-electron chi connectivity index (χ3n) is 6.25. The Bertz CT molecular complexity index is 994. The standard InChI is InChI=1S/C23H28F4N4O2S/c1-2-33-21-11-20(28-29-21)18-9-17(13-31(14-18)22(32)30-5-7-34-8-6-30)15-3-4-16(19(24)10-15)12-23(25,26)27/h3-4,10-11,17-18H,2,5-9,12-14H2,1H3,(H,28,29). The fourth-order valence-corrected chi connectivity index (χ4v) is 5.50. The molecule has 2 aliphatic rings. The smallest absolute Gasteiger partial charge is 0.393 e. The zero-order valence-electron chi connectivity index (χ0n) is 18.9. The predicted octanol–water partition coefficient (Wildman–Crippen LogP) is 4.79. The van der Waals surface area contributed by atoms with E-state index in [-0.39, 0.29) is 23.4 Å². The highest BCUT2D eigenvalue weighted by Crippen LogP contribution is 2.37. The van der Waals surface area contributed by atoms with Crippen molar-refractivity contribution in [3.8, 4) is 5.88 Å². The van der Waals surface area contributed by atoms with Gasteiger partial charge in [-0.1, -0.05) is 12.1 Å². The molecule has 6 nitrogen and oxygen atoms in total. The monoisotopic (exact) mass is 500 g/mol. The van der Waals surface area contributed by atoms with E-state index in [9.17, 15) is 22.4 Å². The van der Waals surface area contributed by atoms with Crippen LogP contribution in [0.1, 0.15) is 42.0 Å². The number of carbonyl (C=O) groups is 1. The Morgan fingerprint density at radius 3 is 2.59 bits per heavy atom. The second kappa shape index (κ2) is 10.5. The van der Waals surface area contributed by atoms with Crippen LogP contribution in [0.3, 0.4) is 0 Å². The number of halogens is 4. The lowest BCUT2D eigenvalue weighted by atomic mass is 9.82. The highest BCUT2D eigenvalue weighted by molar-refractivity contribution is 7.99. The largest absolute Gasteiger partial charge is 0.477 e. The predicted molar refractivity (Wildman–Crippen MR) is 122 cm³/mol. The molecule has 34 heavy (non-hydrogen) atoms. The van der Waals surface area contributed by atoms with Crippen LogP contribution in [0.4, 0.5) is 22.4 Å². The summed E-state index contributed by atoms with van der Waals surface area (Å²) in [5.41, 5.74) is 1.02. The molecular weight excluding hydrogens is 472 g/mol. The number of benzene rings is 1. The molecular formula is C23H28F4N4O2S. The van der Waals surface area contributed by atoms with E-state index in [1.807, 2.05) is 29.7 Å². The number of rotatable bonds is 5. The maximum absolute atomic E-state index is 14.6. The third-order valence-corrected chi connectivity index (χ3v) is 7.19. The Hall–Kier alpha value is -2.43. The molecule has 0 radical (unpaired) electrons. The van der Waals surface area contributed by atoms with E-state index in [0.717, 1.165) is 17.2 Å². The summed E-state index contributed by atoms with van der Waals surface area (Å²) in [5, 5.41) is 7.16. The summed E-state index contributed by atoms with van der Waals surface area (Å²) in [6.45, 7) is 4.53. The third kappa shape index (κ3) is 5.97. The lowest BCUT2D eigenvalue weighted by Gasteiger charge is -2.41. The molecule has 1 N–H and O–H groups in total. The van der Waals surface area contributed by atoms with Gasteiger partial charge in [0, 0.05) is 61.3 Å². The summed E-state index contributed by atoms with van der Waals surface area (Å²) >= 11 is 1.81. The molecule has 2 unspecified atom stereocenters. The van der Waals surface area contributed by atoms with E-state index < -0.39 is 18.4 Å². The molecule has 11 heteroatoms. The number of amides is 2. The van der Waals surface area contributed by atoms with Gasteiger partial charge in [-0.15, -0.1) is 5.10 Å². The van der Waals surface area contributed by atoms with Crippen LogP contribution in [-0.4, -0.2) is 76.5 Å². The molecule has 0 aliphatic carbocycles. The summed E-state index contributed by atoms with van der Waals surface area (Å²) < 4.78 is 58.3. The number of ether oxygens (including phenoxy) is 1. The lowest BCUT2D eigenvalue weighted by Crippen LogP contribution is -2.51. The Morgan fingerprint density at radius 1 is 1.18 bits per heavy atom. The molecule has 2 amide bonds. The average molecular weight is 501 g/mol. The van der Waals surface area contributed by atoms with Crippen molar-refractivity contribution >= 4 is 17.8 Å². The molecule has 0 bridgehead atoms. The molecule has 1 aromatic heterocycles. The van der Waals surface area contributed by atoms with Gasteiger partial charge in [0.15, 0.2) is 0 Å². The number of aromatic nitrogens is 2. The summed E-state index contributed by atoms with van der Waals surface area (Å²) in [6.07, 6.45) is -5.18. The highest BCUT2D eigenvalue weighted by atomic mass is 32.2. The fourth-order valence-electron chi connectivity index (χ4n) is 4.60. The van der Waals surface area contributed by atoms with Gasteiger partial charge >= 0.3 is 12.2 Å². The molecule has 186 valence electrons. The van der Waals surface area contributed by atoms with Gasteiger partial charge in [-0.25, -0.2) is 9.18 Å². The van der Waals surface area contributed by atoms with Crippen LogP contribution in [0.15, 0.2) is 24.3 Å². The minimum absolute atomic E-state index is 0.0614. The number of thioether (sulfide) groups is 1. The molecule has 4 rings (SSSR count). The van der Waals surface area contributed by atoms with Crippen LogP contribution in [-0.2, 0) is 6.42 Å². The Balaban J connectivity index is 1.58. The second-order valence-electron chi connectivity index (χ2n) is 8.65. The molecule has 0 saturated carbocycles. The number of aromatic amines is 1. The van der Waals surface area contributed by atoms with Gasteiger partial charge in [-0.05, 0) is 30.5 Å². The van der Waals surface area contributed by atoms with E-state index in [1.54, 1.807) is 11.0 Å². The molecule has 2 aromatic rings. The minimum Gasteiger partial charge on any atom is -0.477 e. The average Bonchev–Trinajstić information content (AvgIpc) is 3.28. The van der Waals surface area contributed by atoms with Crippen LogP contribution in [0.5, 0.6) is 5.88 Å². The number of nitrogens with one attached hydrogen (secondary N) is 1. The van der Waals surface area contributed by atoms with Gasteiger partial charge < -0.3 is 14.5 Å². The summed E-state index contributed by atoms with van der Waals surface area (Å²) in [4.78, 5) is 16.9. The van der Waals surface area contributed by atoms with Crippen molar-refractivity contribution in [3.63, 3.8) is 0 Å². The van der Waals surface area contributed by atoms with Crippen LogP contribution in [0.25, 0.3) is 0 Å². The van der Waals surface area contributed by atoms with E-state index in [2.05, 4.69) is 10.2 Å². The first-order valence-electron chi connectivity index (χ1n) is 11.4. The van der Waals surface area contributed by atoms with Gasteiger partial charge in [0.05, 0.1) is 13.0 Å². The van der Waals surface area contributed by atoms with Crippen LogP contribution in [0, 0.1) is 5.82 Å². The molecule has 0 spiro atoms. The lowest BCUT2D eigenvalue weighted by molar-refractivity contribution is -0.127. The SMILES string of the molecule is CCOc1cc(C2CC(c3ccc(CC(F)(F)F)c(F)c3)CN(C(=O)N3CCSCC3)C2)[nH]n1. The van der Waals surface area contributed by atoms with Crippen molar-refractivity contribution in [2.45, 2.75) is 37.8 Å². The Kier molecular flexibility index (Phi) is 7.59. The molecule has 2 saturated heterocycles. The fraction of sp³-hybridized carbons (Fsp3) is 0.565. The van der Waals surface area contributed by atoms with Crippen molar-refractivity contribution in [2.75, 3.05) is 44.3 Å². The summed E-state index contributed by atoms with van der Waals surface area (Å²) in [7, 11) is 0. The number of H-pyrrole nitrogens is 1. The maximum Gasteiger partial charge on any atom is 0.393 e. The van der Waals surface area contributed by atoms with E-state index >= 15 is 0 Å². The maximum atomic E-state index is 14.6. The highest BCUT2D eigenvalue weighted by Gasteiger charge is 2.35.